The average molecular weight is 245 g/mol. The Morgan fingerprint density at radius 3 is 2.56 bits per heavy atom. The minimum atomic E-state index is -1.09. The van der Waals surface area contributed by atoms with Crippen LogP contribution in [-0.2, 0) is 7.05 Å². The molecule has 2 rings (SSSR count). The molecule has 0 aliphatic heterocycles. The maximum Gasteiger partial charge on any atom is 0.352 e. The van der Waals surface area contributed by atoms with Crippen LogP contribution in [0.2, 0.25) is 0 Å². The highest BCUT2D eigenvalue weighted by Crippen LogP contribution is 2.23. The van der Waals surface area contributed by atoms with E-state index in [-0.39, 0.29) is 17.0 Å². The molecule has 4 heteroatoms. The van der Waals surface area contributed by atoms with Crippen molar-refractivity contribution in [2.24, 2.45) is 7.05 Å². The Balaban J connectivity index is 3.01. The summed E-state index contributed by atoms with van der Waals surface area (Å²) in [6.45, 7) is 4.04. The molecule has 0 saturated carbocycles. The van der Waals surface area contributed by atoms with Gasteiger partial charge in [0, 0.05) is 18.5 Å². The average Bonchev–Trinajstić information content (AvgIpc) is 2.32. The van der Waals surface area contributed by atoms with Crippen LogP contribution in [0.4, 0.5) is 0 Å². The lowest BCUT2D eigenvalue weighted by atomic mass is 9.99. The number of aromatic carboxylic acids is 1. The molecule has 1 aromatic carbocycles. The highest BCUT2D eigenvalue weighted by molar-refractivity contribution is 5.91. The predicted octanol–water partition coefficient (Wildman–Crippen LogP) is 2.36. The SMILES string of the molecule is CC(C)c1cccc2c(=O)cc(C(=O)O)n(C)c12. The van der Waals surface area contributed by atoms with E-state index < -0.39 is 5.97 Å². The molecule has 1 N–H and O–H groups in total. The zero-order valence-electron chi connectivity index (χ0n) is 10.6. The summed E-state index contributed by atoms with van der Waals surface area (Å²) >= 11 is 0. The van der Waals surface area contributed by atoms with Gasteiger partial charge in [-0.05, 0) is 17.5 Å². The van der Waals surface area contributed by atoms with Crippen molar-refractivity contribution in [1.82, 2.24) is 4.57 Å². The molecule has 4 nitrogen and oxygen atoms in total. The van der Waals surface area contributed by atoms with Gasteiger partial charge < -0.3 is 9.67 Å². The van der Waals surface area contributed by atoms with Gasteiger partial charge in [0.2, 0.25) is 0 Å². The molecule has 0 fully saturated rings. The number of hydrogen-bond acceptors (Lipinski definition) is 2. The van der Waals surface area contributed by atoms with Gasteiger partial charge in [-0.3, -0.25) is 4.79 Å². The number of benzene rings is 1. The Bertz CT molecular complexity index is 683. The number of fused-ring (bicyclic) bond motifs is 1. The van der Waals surface area contributed by atoms with Crippen molar-refractivity contribution in [2.45, 2.75) is 19.8 Å². The van der Waals surface area contributed by atoms with E-state index >= 15 is 0 Å². The second-order valence-corrected chi connectivity index (χ2v) is 4.66. The third-order valence-corrected chi connectivity index (χ3v) is 3.14. The van der Waals surface area contributed by atoms with E-state index in [1.165, 1.54) is 6.07 Å². The van der Waals surface area contributed by atoms with E-state index in [4.69, 9.17) is 5.11 Å². The highest BCUT2D eigenvalue weighted by Gasteiger charge is 2.15. The summed E-state index contributed by atoms with van der Waals surface area (Å²) in [5, 5.41) is 9.68. The summed E-state index contributed by atoms with van der Waals surface area (Å²) in [7, 11) is 1.68. The molecule has 0 spiro atoms. The smallest absolute Gasteiger partial charge is 0.352 e. The molecular weight excluding hydrogens is 230 g/mol. The number of nitrogens with zero attached hydrogens (tertiary/aromatic N) is 1. The van der Waals surface area contributed by atoms with Crippen molar-refractivity contribution in [3.8, 4) is 0 Å². The van der Waals surface area contributed by atoms with Gasteiger partial charge >= 0.3 is 5.97 Å². The van der Waals surface area contributed by atoms with Gasteiger partial charge in [-0.25, -0.2) is 4.79 Å². The van der Waals surface area contributed by atoms with Crippen molar-refractivity contribution >= 4 is 16.9 Å². The zero-order chi connectivity index (χ0) is 13.4. The number of pyridine rings is 1. The first-order valence-electron chi connectivity index (χ1n) is 5.79. The molecule has 94 valence electrons. The van der Waals surface area contributed by atoms with Crippen LogP contribution in [-0.4, -0.2) is 15.6 Å². The maximum atomic E-state index is 12.0. The first-order chi connectivity index (χ1) is 8.43. The fourth-order valence-corrected chi connectivity index (χ4v) is 2.22. The molecule has 0 radical (unpaired) electrons. The van der Waals surface area contributed by atoms with Crippen LogP contribution in [0.5, 0.6) is 0 Å². The Morgan fingerprint density at radius 1 is 1.33 bits per heavy atom. The van der Waals surface area contributed by atoms with Crippen molar-refractivity contribution in [2.75, 3.05) is 0 Å². The van der Waals surface area contributed by atoms with Crippen LogP contribution in [0.25, 0.3) is 10.9 Å². The summed E-state index contributed by atoms with van der Waals surface area (Å²) in [5.74, 6) is -0.863. The Labute approximate surface area is 104 Å². The Hall–Kier alpha value is -2.10. The summed E-state index contributed by atoms with van der Waals surface area (Å²) in [4.78, 5) is 23.1. The molecule has 0 saturated heterocycles. The normalized spacial score (nSPS) is 11.1. The molecule has 2 aromatic rings. The van der Waals surface area contributed by atoms with Gasteiger partial charge in [-0.15, -0.1) is 0 Å². The van der Waals surface area contributed by atoms with E-state index in [0.717, 1.165) is 5.56 Å². The number of aryl methyl sites for hydroxylation is 1. The second kappa shape index (κ2) is 4.29. The summed E-state index contributed by atoms with van der Waals surface area (Å²) in [6, 6.07) is 6.67. The van der Waals surface area contributed by atoms with Crippen LogP contribution >= 0.6 is 0 Å². The standard InChI is InChI=1S/C14H15NO3/c1-8(2)9-5-4-6-10-12(16)7-11(14(17)18)15(3)13(9)10/h4-8H,1-3H3,(H,17,18). The number of carboxylic acids is 1. The summed E-state index contributed by atoms with van der Waals surface area (Å²) in [5.41, 5.74) is 1.45. The molecule has 0 bridgehead atoms. The third-order valence-electron chi connectivity index (χ3n) is 3.14. The quantitative estimate of drug-likeness (QED) is 0.883. The molecule has 1 aromatic heterocycles. The fourth-order valence-electron chi connectivity index (χ4n) is 2.22. The topological polar surface area (TPSA) is 59.3 Å². The number of para-hydroxylation sites is 1. The van der Waals surface area contributed by atoms with Crippen LogP contribution in [0.15, 0.2) is 29.1 Å². The molecule has 0 amide bonds. The molecule has 0 atom stereocenters. The van der Waals surface area contributed by atoms with Crippen LogP contribution < -0.4 is 5.43 Å². The third kappa shape index (κ3) is 1.79. The van der Waals surface area contributed by atoms with Crippen molar-refractivity contribution in [3.05, 3.63) is 45.7 Å². The van der Waals surface area contributed by atoms with Gasteiger partial charge in [0.15, 0.2) is 5.43 Å². The minimum Gasteiger partial charge on any atom is -0.477 e. The summed E-state index contributed by atoms with van der Waals surface area (Å²) < 4.78 is 1.58. The number of carbonyl (C=O) groups is 1. The Kier molecular flexibility index (Phi) is 2.95. The highest BCUT2D eigenvalue weighted by atomic mass is 16.4. The van der Waals surface area contributed by atoms with Crippen LogP contribution in [0, 0.1) is 0 Å². The monoisotopic (exact) mass is 245 g/mol. The minimum absolute atomic E-state index is 0.0144. The summed E-state index contributed by atoms with van der Waals surface area (Å²) in [6.07, 6.45) is 0. The van der Waals surface area contributed by atoms with Crippen LogP contribution in [0.3, 0.4) is 0 Å². The van der Waals surface area contributed by atoms with E-state index in [1.54, 1.807) is 17.7 Å². The van der Waals surface area contributed by atoms with E-state index in [2.05, 4.69) is 0 Å². The lowest BCUT2D eigenvalue weighted by molar-refractivity contribution is 0.0686. The van der Waals surface area contributed by atoms with Gasteiger partial charge in [0.25, 0.3) is 0 Å². The first-order valence-corrected chi connectivity index (χ1v) is 5.79. The molecule has 0 aliphatic rings. The fraction of sp³-hybridized carbons (Fsp3) is 0.286. The first kappa shape index (κ1) is 12.4. The molecule has 1 heterocycles. The number of aromatic nitrogens is 1. The van der Waals surface area contributed by atoms with Crippen molar-refractivity contribution in [3.63, 3.8) is 0 Å². The van der Waals surface area contributed by atoms with E-state index in [0.29, 0.717) is 10.9 Å². The second-order valence-electron chi connectivity index (χ2n) is 4.66. The van der Waals surface area contributed by atoms with Gasteiger partial charge in [-0.1, -0.05) is 26.0 Å². The number of rotatable bonds is 2. The number of carboxylic acid groups (broad SMARTS) is 1. The van der Waals surface area contributed by atoms with Gasteiger partial charge in [-0.2, -0.15) is 0 Å². The molecule has 0 unspecified atom stereocenters. The van der Waals surface area contributed by atoms with Crippen molar-refractivity contribution < 1.29 is 9.90 Å². The lowest BCUT2D eigenvalue weighted by Gasteiger charge is -2.15. The van der Waals surface area contributed by atoms with Crippen LogP contribution in [0.1, 0.15) is 35.8 Å². The maximum absolute atomic E-state index is 12.0. The Morgan fingerprint density at radius 2 is 2.00 bits per heavy atom. The van der Waals surface area contributed by atoms with E-state index in [1.807, 2.05) is 26.0 Å². The lowest BCUT2D eigenvalue weighted by Crippen LogP contribution is -2.17. The van der Waals surface area contributed by atoms with Gasteiger partial charge in [0.1, 0.15) is 5.69 Å². The molecule has 18 heavy (non-hydrogen) atoms. The predicted molar refractivity (Wildman–Crippen MR) is 70.2 cm³/mol. The molecular formula is C14H15NO3. The number of hydrogen-bond donors (Lipinski definition) is 1. The van der Waals surface area contributed by atoms with E-state index in [9.17, 15) is 9.59 Å². The molecule has 0 aliphatic carbocycles. The van der Waals surface area contributed by atoms with Gasteiger partial charge in [0.05, 0.1) is 5.52 Å². The zero-order valence-corrected chi connectivity index (χ0v) is 10.6. The largest absolute Gasteiger partial charge is 0.477 e. The van der Waals surface area contributed by atoms with Crippen molar-refractivity contribution in [1.29, 1.82) is 0 Å².